The highest BCUT2D eigenvalue weighted by atomic mass is 35.5. The molecule has 0 spiro atoms. The summed E-state index contributed by atoms with van der Waals surface area (Å²) in [5, 5.41) is 4.57. The van der Waals surface area contributed by atoms with Crippen LogP contribution in [0.4, 0.5) is 4.39 Å². The van der Waals surface area contributed by atoms with E-state index in [1.54, 1.807) is 12.3 Å². The minimum Gasteiger partial charge on any atom is -0.226 e. The largest absolute Gasteiger partial charge is 0.226 e. The van der Waals surface area contributed by atoms with E-state index in [4.69, 9.17) is 11.6 Å². The first-order valence-corrected chi connectivity index (χ1v) is 9.63. The maximum absolute atomic E-state index is 12.8. The van der Waals surface area contributed by atoms with Gasteiger partial charge in [-0.3, -0.25) is 0 Å². The van der Waals surface area contributed by atoms with E-state index in [2.05, 4.69) is 41.2 Å². The van der Waals surface area contributed by atoms with Gasteiger partial charge in [-0.15, -0.1) is 5.54 Å². The van der Waals surface area contributed by atoms with Crippen molar-refractivity contribution >= 4 is 19.7 Å². The number of pyridine rings is 1. The topological polar surface area (TPSA) is 30.7 Å². The number of halogens is 2. The zero-order valence-corrected chi connectivity index (χ0v) is 12.7. The van der Waals surface area contributed by atoms with Crippen molar-refractivity contribution in [3.05, 3.63) is 41.2 Å². The Labute approximate surface area is 117 Å². The highest BCUT2D eigenvalue weighted by molar-refractivity contribution is 6.83. The van der Waals surface area contributed by atoms with E-state index in [0.717, 1.165) is 0 Å². The maximum Gasteiger partial charge on any atom is 0.212 e. The lowest BCUT2D eigenvalue weighted by molar-refractivity contribution is 0.582. The molecule has 2 heterocycles. The molecule has 2 aromatic heterocycles. The quantitative estimate of drug-likeness (QED) is 0.459. The zero-order chi connectivity index (χ0) is 14.0. The molecule has 0 aliphatic rings. The molecule has 0 radical (unpaired) electrons. The van der Waals surface area contributed by atoms with Gasteiger partial charge in [-0.25, -0.2) is 9.67 Å². The summed E-state index contributed by atoms with van der Waals surface area (Å²) in [6.45, 7) is 6.46. The van der Waals surface area contributed by atoms with Crippen LogP contribution in [0.2, 0.25) is 24.8 Å². The van der Waals surface area contributed by atoms with Crippen LogP contribution in [0.3, 0.4) is 0 Å². The highest BCUT2D eigenvalue weighted by Crippen LogP contribution is 2.19. The Morgan fingerprint density at radius 3 is 2.58 bits per heavy atom. The van der Waals surface area contributed by atoms with E-state index in [-0.39, 0.29) is 0 Å². The second-order valence-corrected chi connectivity index (χ2v) is 10.2. The van der Waals surface area contributed by atoms with Crippen molar-refractivity contribution in [1.29, 1.82) is 0 Å². The third kappa shape index (κ3) is 3.43. The van der Waals surface area contributed by atoms with Gasteiger partial charge in [0.1, 0.15) is 13.2 Å². The molecular formula is C13H13ClFN3Si. The molecule has 19 heavy (non-hydrogen) atoms. The van der Waals surface area contributed by atoms with Gasteiger partial charge < -0.3 is 0 Å². The van der Waals surface area contributed by atoms with Gasteiger partial charge in [-0.1, -0.05) is 37.2 Å². The molecule has 0 unspecified atom stereocenters. The zero-order valence-electron chi connectivity index (χ0n) is 10.9. The summed E-state index contributed by atoms with van der Waals surface area (Å²) in [6.07, 6.45) is 2.99. The summed E-state index contributed by atoms with van der Waals surface area (Å²) >= 11 is 6.22. The minimum atomic E-state index is -1.46. The van der Waals surface area contributed by atoms with E-state index in [0.29, 0.717) is 16.4 Å². The van der Waals surface area contributed by atoms with Gasteiger partial charge in [0.15, 0.2) is 0 Å². The van der Waals surface area contributed by atoms with Gasteiger partial charge in [0.05, 0.1) is 23.6 Å². The molecule has 0 aliphatic heterocycles. The van der Waals surface area contributed by atoms with Crippen molar-refractivity contribution in [2.24, 2.45) is 0 Å². The summed E-state index contributed by atoms with van der Waals surface area (Å²) in [5.41, 5.74) is 4.51. The first-order valence-electron chi connectivity index (χ1n) is 5.75. The molecule has 0 saturated heterocycles. The molecule has 0 aromatic carbocycles. The summed E-state index contributed by atoms with van der Waals surface area (Å²) in [7, 11) is -1.46. The summed E-state index contributed by atoms with van der Waals surface area (Å²) < 4.78 is 14.3. The van der Waals surface area contributed by atoms with Crippen LogP contribution in [0.25, 0.3) is 5.69 Å². The lowest BCUT2D eigenvalue weighted by Gasteiger charge is -2.03. The molecule has 0 amide bonds. The summed E-state index contributed by atoms with van der Waals surface area (Å²) in [5.74, 6) is 2.52. The van der Waals surface area contributed by atoms with Crippen LogP contribution in [0.5, 0.6) is 0 Å². The Hall–Kier alpha value is -1.64. The lowest BCUT2D eigenvalue weighted by Crippen LogP contribution is -2.16. The molecule has 0 fully saturated rings. The molecular weight excluding hydrogens is 281 g/mol. The molecule has 2 aromatic rings. The Kier molecular flexibility index (Phi) is 3.74. The van der Waals surface area contributed by atoms with Crippen LogP contribution < -0.4 is 0 Å². The predicted octanol–water partition coefficient (Wildman–Crippen LogP) is 3.29. The van der Waals surface area contributed by atoms with E-state index >= 15 is 0 Å². The van der Waals surface area contributed by atoms with Gasteiger partial charge in [-0.2, -0.15) is 9.49 Å². The van der Waals surface area contributed by atoms with Crippen molar-refractivity contribution in [2.45, 2.75) is 19.6 Å². The van der Waals surface area contributed by atoms with Gasteiger partial charge in [-0.05, 0) is 12.1 Å². The molecule has 0 bridgehead atoms. The normalized spacial score (nSPS) is 11.0. The SMILES string of the molecule is C[Si](C)(C)C#Cc1cnn(-c2ccc(F)nc2)c1Cl. The van der Waals surface area contributed by atoms with Crippen LogP contribution >= 0.6 is 11.6 Å². The van der Waals surface area contributed by atoms with Crippen molar-refractivity contribution in [3.63, 3.8) is 0 Å². The van der Waals surface area contributed by atoms with E-state index in [9.17, 15) is 4.39 Å². The van der Waals surface area contributed by atoms with Gasteiger partial charge in [0.25, 0.3) is 0 Å². The van der Waals surface area contributed by atoms with Gasteiger partial charge >= 0.3 is 0 Å². The molecule has 0 saturated carbocycles. The fraction of sp³-hybridized carbons (Fsp3) is 0.231. The average Bonchev–Trinajstić information content (AvgIpc) is 2.68. The third-order valence-corrected chi connectivity index (χ3v) is 3.48. The molecule has 2 rings (SSSR count). The Bertz CT molecular complexity index is 647. The van der Waals surface area contributed by atoms with Crippen LogP contribution in [0.1, 0.15) is 5.56 Å². The van der Waals surface area contributed by atoms with Crippen LogP contribution in [-0.4, -0.2) is 22.8 Å². The number of nitrogens with zero attached hydrogens (tertiary/aromatic N) is 3. The molecule has 0 atom stereocenters. The number of aromatic nitrogens is 3. The van der Waals surface area contributed by atoms with Crippen LogP contribution in [0.15, 0.2) is 24.5 Å². The lowest BCUT2D eigenvalue weighted by atomic mass is 10.4. The molecule has 3 nitrogen and oxygen atoms in total. The number of rotatable bonds is 1. The Morgan fingerprint density at radius 2 is 2.00 bits per heavy atom. The molecule has 0 aliphatic carbocycles. The highest BCUT2D eigenvalue weighted by Gasteiger charge is 2.11. The van der Waals surface area contributed by atoms with Gasteiger partial charge in [0.2, 0.25) is 5.95 Å². The van der Waals surface area contributed by atoms with Crippen molar-refractivity contribution in [2.75, 3.05) is 0 Å². The van der Waals surface area contributed by atoms with E-state index in [1.165, 1.54) is 16.9 Å². The van der Waals surface area contributed by atoms with E-state index in [1.807, 2.05) is 0 Å². The second-order valence-electron chi connectivity index (χ2n) is 5.10. The molecule has 6 heteroatoms. The predicted molar refractivity (Wildman–Crippen MR) is 76.6 cm³/mol. The standard InChI is InChI=1S/C13H13ClFN3Si/c1-19(2,3)7-6-10-8-17-18(13(10)14)11-4-5-12(15)16-9-11/h4-5,8-9H,1-3H3. The smallest absolute Gasteiger partial charge is 0.212 e. The monoisotopic (exact) mass is 293 g/mol. The van der Waals surface area contributed by atoms with Crippen molar-refractivity contribution < 1.29 is 4.39 Å². The summed E-state index contributed by atoms with van der Waals surface area (Å²) in [6, 6.07) is 2.83. The maximum atomic E-state index is 12.8. The molecule has 98 valence electrons. The van der Waals surface area contributed by atoms with Crippen LogP contribution in [-0.2, 0) is 0 Å². The fourth-order valence-corrected chi connectivity index (χ4v) is 2.09. The Morgan fingerprint density at radius 1 is 1.26 bits per heavy atom. The van der Waals surface area contributed by atoms with Crippen molar-refractivity contribution in [1.82, 2.24) is 14.8 Å². The Balaban J connectivity index is 2.37. The average molecular weight is 294 g/mol. The van der Waals surface area contributed by atoms with E-state index < -0.39 is 14.0 Å². The fourth-order valence-electron chi connectivity index (χ4n) is 1.35. The number of hydrogen-bond acceptors (Lipinski definition) is 2. The third-order valence-electron chi connectivity index (χ3n) is 2.24. The summed E-state index contributed by atoms with van der Waals surface area (Å²) in [4.78, 5) is 3.58. The van der Waals surface area contributed by atoms with Crippen molar-refractivity contribution in [3.8, 4) is 17.2 Å². The second kappa shape index (κ2) is 5.15. The minimum absolute atomic E-state index is 0.416. The van der Waals surface area contributed by atoms with Gasteiger partial charge in [0, 0.05) is 0 Å². The first-order chi connectivity index (χ1) is 8.87. The van der Waals surface area contributed by atoms with Crippen LogP contribution in [0, 0.1) is 17.4 Å². The number of hydrogen-bond donors (Lipinski definition) is 0. The molecule has 0 N–H and O–H groups in total. The first kappa shape index (κ1) is 13.8.